The monoisotopic (exact) mass is 265 g/mol. The minimum Gasteiger partial charge on any atom is -0.310 e. The minimum atomic E-state index is 0.630. The molecule has 2 rings (SSSR count). The Morgan fingerprint density at radius 3 is 2.33 bits per heavy atom. The van der Waals surface area contributed by atoms with Gasteiger partial charge in [0.25, 0.3) is 0 Å². The van der Waals surface area contributed by atoms with Gasteiger partial charge in [-0.05, 0) is 31.9 Å². The van der Waals surface area contributed by atoms with E-state index in [1.807, 2.05) is 11.8 Å². The van der Waals surface area contributed by atoms with Crippen LogP contribution >= 0.6 is 11.8 Å². The fourth-order valence-corrected chi connectivity index (χ4v) is 2.52. The zero-order valence-corrected chi connectivity index (χ0v) is 12.6. The number of thioether (sulfide) groups is 1. The highest BCUT2D eigenvalue weighted by atomic mass is 32.2. The standard InChI is InChI=1S/C14H23N3S/c1-9(2)18-8-14-16-10(3)13(11(4)17-14)7-15-12-5-6-12/h9,12,15H,5-8H2,1-4H3. The van der Waals surface area contributed by atoms with Crippen LogP contribution in [-0.4, -0.2) is 21.3 Å². The van der Waals surface area contributed by atoms with E-state index in [4.69, 9.17) is 0 Å². The molecule has 1 N–H and O–H groups in total. The molecule has 1 aliphatic carbocycles. The van der Waals surface area contributed by atoms with Crippen molar-refractivity contribution in [3.63, 3.8) is 0 Å². The Hall–Kier alpha value is -0.610. The first-order valence-electron chi connectivity index (χ1n) is 6.74. The van der Waals surface area contributed by atoms with Crippen molar-refractivity contribution in [1.82, 2.24) is 15.3 Å². The predicted octanol–water partition coefficient (Wildman–Crippen LogP) is 2.99. The molecule has 1 aliphatic rings. The number of aromatic nitrogens is 2. The first-order chi connectivity index (χ1) is 8.56. The molecule has 0 aliphatic heterocycles. The van der Waals surface area contributed by atoms with Crippen LogP contribution in [0.5, 0.6) is 0 Å². The van der Waals surface area contributed by atoms with Gasteiger partial charge in [0, 0.05) is 29.5 Å². The fraction of sp³-hybridized carbons (Fsp3) is 0.714. The van der Waals surface area contributed by atoms with Gasteiger partial charge in [0.2, 0.25) is 0 Å². The summed E-state index contributed by atoms with van der Waals surface area (Å²) in [5.74, 6) is 1.88. The Morgan fingerprint density at radius 1 is 1.22 bits per heavy atom. The van der Waals surface area contributed by atoms with Gasteiger partial charge in [-0.1, -0.05) is 13.8 Å². The van der Waals surface area contributed by atoms with E-state index in [9.17, 15) is 0 Å². The molecule has 1 saturated carbocycles. The smallest absolute Gasteiger partial charge is 0.138 e. The largest absolute Gasteiger partial charge is 0.310 e. The van der Waals surface area contributed by atoms with Crippen molar-refractivity contribution in [3.05, 3.63) is 22.8 Å². The second kappa shape index (κ2) is 6.02. The van der Waals surface area contributed by atoms with Crippen molar-refractivity contribution < 1.29 is 0 Å². The van der Waals surface area contributed by atoms with Gasteiger partial charge in [0.05, 0.1) is 5.75 Å². The summed E-state index contributed by atoms with van der Waals surface area (Å²) < 4.78 is 0. The summed E-state index contributed by atoms with van der Waals surface area (Å²) in [6.07, 6.45) is 2.64. The predicted molar refractivity (Wildman–Crippen MR) is 77.8 cm³/mol. The van der Waals surface area contributed by atoms with Crippen molar-refractivity contribution in [3.8, 4) is 0 Å². The van der Waals surface area contributed by atoms with Gasteiger partial charge in [-0.15, -0.1) is 0 Å². The molecule has 1 aromatic rings. The van der Waals surface area contributed by atoms with Crippen molar-refractivity contribution in [1.29, 1.82) is 0 Å². The molecule has 0 unspecified atom stereocenters. The van der Waals surface area contributed by atoms with Crippen molar-refractivity contribution >= 4 is 11.8 Å². The lowest BCUT2D eigenvalue weighted by atomic mass is 10.1. The molecule has 18 heavy (non-hydrogen) atoms. The van der Waals surface area contributed by atoms with Crippen molar-refractivity contribution in [2.75, 3.05) is 0 Å². The molecule has 1 fully saturated rings. The highest BCUT2D eigenvalue weighted by Crippen LogP contribution is 2.21. The first kappa shape index (κ1) is 13.8. The Bertz CT molecular complexity index is 390. The van der Waals surface area contributed by atoms with Gasteiger partial charge in [-0.3, -0.25) is 0 Å². The molecule has 1 aromatic heterocycles. The topological polar surface area (TPSA) is 37.8 Å². The van der Waals surface area contributed by atoms with E-state index < -0.39 is 0 Å². The van der Waals surface area contributed by atoms with E-state index in [1.54, 1.807) is 0 Å². The van der Waals surface area contributed by atoms with Gasteiger partial charge >= 0.3 is 0 Å². The molecule has 0 saturated heterocycles. The summed E-state index contributed by atoms with van der Waals surface area (Å²) in [5, 5.41) is 4.17. The molecule has 0 aromatic carbocycles. The third-order valence-corrected chi connectivity index (χ3v) is 4.25. The number of hydrogen-bond acceptors (Lipinski definition) is 4. The summed E-state index contributed by atoms with van der Waals surface area (Å²) in [4.78, 5) is 9.26. The molecular formula is C14H23N3S. The number of nitrogens with one attached hydrogen (secondary N) is 1. The quantitative estimate of drug-likeness (QED) is 0.858. The number of rotatable bonds is 6. The van der Waals surface area contributed by atoms with Gasteiger partial charge in [0.1, 0.15) is 5.82 Å². The zero-order valence-electron chi connectivity index (χ0n) is 11.8. The van der Waals surface area contributed by atoms with Gasteiger partial charge in [-0.25, -0.2) is 9.97 Å². The van der Waals surface area contributed by atoms with Crippen molar-refractivity contribution in [2.45, 2.75) is 64.1 Å². The Kier molecular flexibility index (Phi) is 4.62. The number of aryl methyl sites for hydroxylation is 2. The Labute approximate surface area is 114 Å². The summed E-state index contributed by atoms with van der Waals surface area (Å²) in [7, 11) is 0. The summed E-state index contributed by atoms with van der Waals surface area (Å²) in [5.41, 5.74) is 3.55. The van der Waals surface area contributed by atoms with E-state index in [1.165, 1.54) is 18.4 Å². The normalized spacial score (nSPS) is 15.4. The van der Waals surface area contributed by atoms with E-state index in [-0.39, 0.29) is 0 Å². The van der Waals surface area contributed by atoms with Gasteiger partial charge in [0.15, 0.2) is 0 Å². The lowest BCUT2D eigenvalue weighted by Crippen LogP contribution is -2.18. The number of nitrogens with zero attached hydrogens (tertiary/aromatic N) is 2. The third-order valence-electron chi connectivity index (χ3n) is 3.16. The van der Waals surface area contributed by atoms with Crippen LogP contribution in [0.2, 0.25) is 0 Å². The van der Waals surface area contributed by atoms with Crippen LogP contribution in [0.3, 0.4) is 0 Å². The Balaban J connectivity index is 2.02. The first-order valence-corrected chi connectivity index (χ1v) is 7.79. The molecule has 0 spiro atoms. The lowest BCUT2D eigenvalue weighted by Gasteiger charge is -2.12. The average molecular weight is 265 g/mol. The maximum absolute atomic E-state index is 4.63. The summed E-state index contributed by atoms with van der Waals surface area (Å²) >= 11 is 1.90. The molecule has 3 nitrogen and oxygen atoms in total. The molecule has 1 heterocycles. The Morgan fingerprint density at radius 2 is 1.83 bits per heavy atom. The average Bonchev–Trinajstić information content (AvgIpc) is 3.09. The lowest BCUT2D eigenvalue weighted by molar-refractivity contribution is 0.673. The molecule has 100 valence electrons. The third kappa shape index (κ3) is 3.95. The second-order valence-electron chi connectivity index (χ2n) is 5.30. The van der Waals surface area contributed by atoms with Crippen molar-refractivity contribution in [2.24, 2.45) is 0 Å². The van der Waals surface area contributed by atoms with Crippen LogP contribution in [0.1, 0.15) is 49.5 Å². The molecular weight excluding hydrogens is 242 g/mol. The van der Waals surface area contributed by atoms with Crippen LogP contribution in [0.25, 0.3) is 0 Å². The summed E-state index contributed by atoms with van der Waals surface area (Å²) in [6.45, 7) is 9.53. The molecule has 0 amide bonds. The van der Waals surface area contributed by atoms with Crippen LogP contribution in [0, 0.1) is 13.8 Å². The van der Waals surface area contributed by atoms with Crippen LogP contribution in [0.4, 0.5) is 0 Å². The van der Waals surface area contributed by atoms with Gasteiger partial charge in [-0.2, -0.15) is 11.8 Å². The van der Waals surface area contributed by atoms with Crippen LogP contribution in [0.15, 0.2) is 0 Å². The van der Waals surface area contributed by atoms with E-state index >= 15 is 0 Å². The highest BCUT2D eigenvalue weighted by Gasteiger charge is 2.21. The molecule has 4 heteroatoms. The fourth-order valence-electron chi connectivity index (χ4n) is 1.90. The van der Waals surface area contributed by atoms with E-state index in [0.29, 0.717) is 5.25 Å². The van der Waals surface area contributed by atoms with Gasteiger partial charge < -0.3 is 5.32 Å². The summed E-state index contributed by atoms with van der Waals surface area (Å²) in [6, 6.07) is 0.736. The number of hydrogen-bond donors (Lipinski definition) is 1. The zero-order chi connectivity index (χ0) is 13.1. The maximum atomic E-state index is 4.63. The molecule has 0 bridgehead atoms. The minimum absolute atomic E-state index is 0.630. The molecule has 0 radical (unpaired) electrons. The second-order valence-corrected chi connectivity index (χ2v) is 6.87. The van der Waals surface area contributed by atoms with Crippen LogP contribution in [-0.2, 0) is 12.3 Å². The SMILES string of the molecule is Cc1nc(CSC(C)C)nc(C)c1CNC1CC1. The van der Waals surface area contributed by atoms with E-state index in [2.05, 4.69) is 43.0 Å². The highest BCUT2D eigenvalue weighted by molar-refractivity contribution is 7.99. The van der Waals surface area contributed by atoms with E-state index in [0.717, 1.165) is 35.6 Å². The maximum Gasteiger partial charge on any atom is 0.138 e. The molecule has 0 atom stereocenters. The van der Waals surface area contributed by atoms with Crippen LogP contribution < -0.4 is 5.32 Å².